The molecule has 0 amide bonds. The van der Waals surface area contributed by atoms with Gasteiger partial charge < -0.3 is 5.32 Å². The Labute approximate surface area is 113 Å². The lowest BCUT2D eigenvalue weighted by Crippen LogP contribution is -2.02. The fourth-order valence-electron chi connectivity index (χ4n) is 1.46. The lowest BCUT2D eigenvalue weighted by Gasteiger charge is -2.09. The standard InChI is InChI=1S/C13H10BrClFN/c14-10-6-5-9(12(16)7-10)8-17-13-4-2-1-3-11(13)15/h1-7,17H,8H2. The first kappa shape index (κ1) is 12.4. The van der Waals surface area contributed by atoms with Gasteiger partial charge in [0.2, 0.25) is 0 Å². The molecule has 0 spiro atoms. The molecule has 88 valence electrons. The third kappa shape index (κ3) is 3.20. The van der Waals surface area contributed by atoms with Crippen molar-refractivity contribution in [3.63, 3.8) is 0 Å². The van der Waals surface area contributed by atoms with Crippen LogP contribution in [-0.2, 0) is 6.54 Å². The molecule has 0 unspecified atom stereocenters. The van der Waals surface area contributed by atoms with Gasteiger partial charge in [0.25, 0.3) is 0 Å². The van der Waals surface area contributed by atoms with Crippen molar-refractivity contribution < 1.29 is 4.39 Å². The number of anilines is 1. The minimum atomic E-state index is -0.237. The Morgan fingerprint density at radius 3 is 2.65 bits per heavy atom. The molecule has 0 aliphatic carbocycles. The Morgan fingerprint density at radius 1 is 1.18 bits per heavy atom. The first-order valence-corrected chi connectivity index (χ1v) is 6.26. The first-order chi connectivity index (χ1) is 8.16. The van der Waals surface area contributed by atoms with Gasteiger partial charge >= 0.3 is 0 Å². The smallest absolute Gasteiger partial charge is 0.129 e. The molecule has 0 aromatic heterocycles. The summed E-state index contributed by atoms with van der Waals surface area (Å²) in [6.07, 6.45) is 0. The fraction of sp³-hybridized carbons (Fsp3) is 0.0769. The molecule has 0 fully saturated rings. The van der Waals surface area contributed by atoms with Crippen molar-refractivity contribution in [2.75, 3.05) is 5.32 Å². The largest absolute Gasteiger partial charge is 0.380 e. The van der Waals surface area contributed by atoms with Gasteiger partial charge in [0, 0.05) is 16.6 Å². The van der Waals surface area contributed by atoms with E-state index in [-0.39, 0.29) is 5.82 Å². The third-order valence-corrected chi connectivity index (χ3v) is 3.18. The highest BCUT2D eigenvalue weighted by atomic mass is 79.9. The Balaban J connectivity index is 2.10. The molecular weight excluding hydrogens is 305 g/mol. The van der Waals surface area contributed by atoms with Gasteiger partial charge in [-0.3, -0.25) is 0 Å². The lowest BCUT2D eigenvalue weighted by molar-refractivity contribution is 0.612. The molecule has 0 atom stereocenters. The van der Waals surface area contributed by atoms with E-state index in [4.69, 9.17) is 11.6 Å². The predicted molar refractivity (Wildman–Crippen MR) is 72.9 cm³/mol. The zero-order chi connectivity index (χ0) is 12.3. The minimum Gasteiger partial charge on any atom is -0.380 e. The van der Waals surface area contributed by atoms with Crippen LogP contribution < -0.4 is 5.32 Å². The monoisotopic (exact) mass is 313 g/mol. The summed E-state index contributed by atoms with van der Waals surface area (Å²) in [7, 11) is 0. The van der Waals surface area contributed by atoms with Gasteiger partial charge in [-0.25, -0.2) is 4.39 Å². The van der Waals surface area contributed by atoms with Crippen LogP contribution in [0.15, 0.2) is 46.9 Å². The van der Waals surface area contributed by atoms with Crippen molar-refractivity contribution in [2.45, 2.75) is 6.54 Å². The van der Waals surface area contributed by atoms with Gasteiger partial charge in [-0.1, -0.05) is 45.7 Å². The maximum absolute atomic E-state index is 13.6. The normalized spacial score (nSPS) is 10.3. The Bertz CT molecular complexity index is 531. The van der Waals surface area contributed by atoms with E-state index < -0.39 is 0 Å². The Morgan fingerprint density at radius 2 is 1.94 bits per heavy atom. The highest BCUT2D eigenvalue weighted by molar-refractivity contribution is 9.10. The van der Waals surface area contributed by atoms with E-state index in [0.717, 1.165) is 10.2 Å². The average Bonchev–Trinajstić information content (AvgIpc) is 2.30. The van der Waals surface area contributed by atoms with Crippen LogP contribution in [0.2, 0.25) is 5.02 Å². The number of halogens is 3. The number of para-hydroxylation sites is 1. The number of hydrogen-bond acceptors (Lipinski definition) is 1. The number of nitrogens with one attached hydrogen (secondary N) is 1. The maximum atomic E-state index is 13.6. The van der Waals surface area contributed by atoms with Gasteiger partial charge in [-0.05, 0) is 24.3 Å². The van der Waals surface area contributed by atoms with Gasteiger partial charge in [0.1, 0.15) is 5.82 Å². The summed E-state index contributed by atoms with van der Waals surface area (Å²) in [6.45, 7) is 0.406. The number of rotatable bonds is 3. The summed E-state index contributed by atoms with van der Waals surface area (Å²) < 4.78 is 14.3. The third-order valence-electron chi connectivity index (χ3n) is 2.36. The molecule has 2 rings (SSSR count). The van der Waals surface area contributed by atoms with Crippen molar-refractivity contribution in [1.29, 1.82) is 0 Å². The highest BCUT2D eigenvalue weighted by Crippen LogP contribution is 2.22. The molecule has 1 nitrogen and oxygen atoms in total. The topological polar surface area (TPSA) is 12.0 Å². The molecular formula is C13H10BrClFN. The first-order valence-electron chi connectivity index (χ1n) is 5.09. The van der Waals surface area contributed by atoms with Crippen LogP contribution in [0.3, 0.4) is 0 Å². The van der Waals surface area contributed by atoms with Crippen LogP contribution in [0.25, 0.3) is 0 Å². The van der Waals surface area contributed by atoms with Crippen molar-refractivity contribution in [1.82, 2.24) is 0 Å². The molecule has 0 aliphatic rings. The number of hydrogen-bond donors (Lipinski definition) is 1. The van der Waals surface area contributed by atoms with E-state index in [9.17, 15) is 4.39 Å². The van der Waals surface area contributed by atoms with Crippen LogP contribution >= 0.6 is 27.5 Å². The molecule has 0 saturated carbocycles. The SMILES string of the molecule is Fc1cc(Br)ccc1CNc1ccccc1Cl. The van der Waals surface area contributed by atoms with Crippen LogP contribution in [0.1, 0.15) is 5.56 Å². The molecule has 0 radical (unpaired) electrons. The highest BCUT2D eigenvalue weighted by Gasteiger charge is 2.03. The maximum Gasteiger partial charge on any atom is 0.129 e. The molecule has 17 heavy (non-hydrogen) atoms. The van der Waals surface area contributed by atoms with Crippen LogP contribution in [0.4, 0.5) is 10.1 Å². The zero-order valence-electron chi connectivity index (χ0n) is 8.88. The summed E-state index contributed by atoms with van der Waals surface area (Å²) in [5, 5.41) is 3.73. The van der Waals surface area contributed by atoms with Gasteiger partial charge in [-0.15, -0.1) is 0 Å². The van der Waals surface area contributed by atoms with Crippen molar-refractivity contribution >= 4 is 33.2 Å². The van der Waals surface area contributed by atoms with E-state index in [0.29, 0.717) is 17.1 Å². The van der Waals surface area contributed by atoms with Gasteiger partial charge in [-0.2, -0.15) is 0 Å². The molecule has 2 aromatic rings. The van der Waals surface area contributed by atoms with E-state index in [1.165, 1.54) is 6.07 Å². The second-order valence-electron chi connectivity index (χ2n) is 3.57. The van der Waals surface area contributed by atoms with Gasteiger partial charge in [0.05, 0.1) is 10.7 Å². The van der Waals surface area contributed by atoms with Crippen LogP contribution in [-0.4, -0.2) is 0 Å². The summed E-state index contributed by atoms with van der Waals surface area (Å²) in [5.74, 6) is -0.237. The predicted octanol–water partition coefficient (Wildman–Crippen LogP) is 4.85. The van der Waals surface area contributed by atoms with Crippen molar-refractivity contribution in [2.24, 2.45) is 0 Å². The fourth-order valence-corrected chi connectivity index (χ4v) is 2.00. The lowest BCUT2D eigenvalue weighted by atomic mass is 10.2. The molecule has 4 heteroatoms. The Hall–Kier alpha value is -1.06. The molecule has 0 bridgehead atoms. The summed E-state index contributed by atoms with van der Waals surface area (Å²) in [4.78, 5) is 0. The van der Waals surface area contributed by atoms with Gasteiger partial charge in [0.15, 0.2) is 0 Å². The molecule has 0 heterocycles. The summed E-state index contributed by atoms with van der Waals surface area (Å²) >= 11 is 9.21. The number of benzene rings is 2. The minimum absolute atomic E-state index is 0.237. The van der Waals surface area contributed by atoms with E-state index >= 15 is 0 Å². The van der Waals surface area contributed by atoms with Crippen LogP contribution in [0, 0.1) is 5.82 Å². The molecule has 0 saturated heterocycles. The quantitative estimate of drug-likeness (QED) is 0.853. The van der Waals surface area contributed by atoms with E-state index in [1.54, 1.807) is 12.1 Å². The van der Waals surface area contributed by atoms with Crippen LogP contribution in [0.5, 0.6) is 0 Å². The van der Waals surface area contributed by atoms with Crippen molar-refractivity contribution in [3.05, 3.63) is 63.3 Å². The van der Waals surface area contributed by atoms with E-state index in [2.05, 4.69) is 21.2 Å². The second kappa shape index (κ2) is 5.52. The average molecular weight is 315 g/mol. The summed E-state index contributed by atoms with van der Waals surface area (Å²) in [6, 6.07) is 12.4. The molecule has 2 aromatic carbocycles. The second-order valence-corrected chi connectivity index (χ2v) is 4.89. The van der Waals surface area contributed by atoms with Crippen molar-refractivity contribution in [3.8, 4) is 0 Å². The zero-order valence-corrected chi connectivity index (χ0v) is 11.2. The molecule has 1 N–H and O–H groups in total. The summed E-state index contributed by atoms with van der Waals surface area (Å²) in [5.41, 5.74) is 1.41. The molecule has 0 aliphatic heterocycles. The Kier molecular flexibility index (Phi) is 4.02. The van der Waals surface area contributed by atoms with E-state index in [1.807, 2.05) is 24.3 Å².